The molecule has 1 saturated carbocycles. The molecule has 0 radical (unpaired) electrons. The van der Waals surface area contributed by atoms with Crippen LogP contribution in [0.25, 0.3) is 0 Å². The molecular formula is C15H19ClN2O. The largest absolute Gasteiger partial charge is 0.335 e. The molecule has 2 fully saturated rings. The molecule has 0 bridgehead atoms. The van der Waals surface area contributed by atoms with E-state index in [9.17, 15) is 4.79 Å². The molecule has 3 nitrogen and oxygen atoms in total. The summed E-state index contributed by atoms with van der Waals surface area (Å²) >= 11 is 6.02. The summed E-state index contributed by atoms with van der Waals surface area (Å²) in [6, 6.07) is 8.48. The zero-order chi connectivity index (χ0) is 13.4. The van der Waals surface area contributed by atoms with Crippen molar-refractivity contribution in [2.45, 2.75) is 44.3 Å². The van der Waals surface area contributed by atoms with Crippen LogP contribution in [0.3, 0.4) is 0 Å². The van der Waals surface area contributed by atoms with Crippen molar-refractivity contribution in [3.63, 3.8) is 0 Å². The number of rotatable bonds is 4. The van der Waals surface area contributed by atoms with Crippen LogP contribution in [0.4, 0.5) is 0 Å². The molecule has 19 heavy (non-hydrogen) atoms. The van der Waals surface area contributed by atoms with Crippen LogP contribution in [0.1, 0.15) is 37.8 Å². The van der Waals surface area contributed by atoms with Crippen molar-refractivity contribution in [2.24, 2.45) is 0 Å². The number of benzene rings is 1. The number of nitrogens with zero attached hydrogens (tertiary/aromatic N) is 1. The van der Waals surface area contributed by atoms with E-state index in [1.54, 1.807) is 0 Å². The Morgan fingerprint density at radius 1 is 1.37 bits per heavy atom. The molecule has 0 aromatic heterocycles. The Labute approximate surface area is 118 Å². The van der Waals surface area contributed by atoms with Crippen molar-refractivity contribution < 1.29 is 4.79 Å². The lowest BCUT2D eigenvalue weighted by Gasteiger charge is -2.25. The van der Waals surface area contributed by atoms with Gasteiger partial charge in [0.25, 0.3) is 0 Å². The minimum atomic E-state index is 0.0223. The van der Waals surface area contributed by atoms with Crippen molar-refractivity contribution in [3.8, 4) is 0 Å². The highest BCUT2D eigenvalue weighted by Gasteiger charge is 2.37. The Morgan fingerprint density at radius 2 is 2.16 bits per heavy atom. The van der Waals surface area contributed by atoms with Gasteiger partial charge in [0, 0.05) is 17.6 Å². The molecule has 1 aliphatic carbocycles. The molecule has 1 heterocycles. The van der Waals surface area contributed by atoms with Crippen molar-refractivity contribution in [2.75, 3.05) is 6.54 Å². The van der Waals surface area contributed by atoms with E-state index in [0.717, 1.165) is 23.6 Å². The number of nitrogens with one attached hydrogen (secondary N) is 1. The molecule has 2 atom stereocenters. The second-order valence-electron chi connectivity index (χ2n) is 5.54. The Balaban J connectivity index is 1.70. The third kappa shape index (κ3) is 2.77. The van der Waals surface area contributed by atoms with Crippen LogP contribution >= 0.6 is 11.6 Å². The van der Waals surface area contributed by atoms with Gasteiger partial charge in [-0.2, -0.15) is 0 Å². The first-order valence-corrected chi connectivity index (χ1v) is 7.35. The average Bonchev–Trinajstić information content (AvgIpc) is 3.14. The minimum absolute atomic E-state index is 0.0223. The molecule has 1 N–H and O–H groups in total. The highest BCUT2D eigenvalue weighted by molar-refractivity contribution is 6.30. The number of hydrogen-bond acceptors (Lipinski definition) is 2. The zero-order valence-corrected chi connectivity index (χ0v) is 11.9. The van der Waals surface area contributed by atoms with E-state index in [1.165, 1.54) is 12.8 Å². The van der Waals surface area contributed by atoms with Gasteiger partial charge in [0.15, 0.2) is 0 Å². The monoisotopic (exact) mass is 278 g/mol. The number of halogens is 1. The van der Waals surface area contributed by atoms with Crippen LogP contribution < -0.4 is 5.32 Å². The van der Waals surface area contributed by atoms with Gasteiger partial charge in [-0.1, -0.05) is 23.7 Å². The molecule has 1 amide bonds. The summed E-state index contributed by atoms with van der Waals surface area (Å²) in [4.78, 5) is 14.4. The van der Waals surface area contributed by atoms with Crippen LogP contribution in [-0.4, -0.2) is 29.4 Å². The molecular weight excluding hydrogens is 260 g/mol. The molecule has 0 spiro atoms. The summed E-state index contributed by atoms with van der Waals surface area (Å²) in [6.45, 7) is 2.90. The van der Waals surface area contributed by atoms with Crippen LogP contribution in [-0.2, 0) is 4.79 Å². The number of likely N-dealkylation sites (tertiary alicyclic amines) is 1. The lowest BCUT2D eigenvalue weighted by atomic mass is 10.1. The minimum Gasteiger partial charge on any atom is -0.335 e. The van der Waals surface area contributed by atoms with E-state index in [4.69, 9.17) is 11.6 Å². The van der Waals surface area contributed by atoms with Crippen LogP contribution in [0.2, 0.25) is 5.02 Å². The van der Waals surface area contributed by atoms with Crippen molar-refractivity contribution >= 4 is 17.5 Å². The predicted molar refractivity (Wildman–Crippen MR) is 76.1 cm³/mol. The molecule has 4 heteroatoms. The summed E-state index contributed by atoms with van der Waals surface area (Å²) in [5.41, 5.74) is 1.10. The van der Waals surface area contributed by atoms with Crippen LogP contribution in [0.15, 0.2) is 24.3 Å². The number of carbonyl (C=O) groups is 1. The Morgan fingerprint density at radius 3 is 2.84 bits per heavy atom. The first-order valence-electron chi connectivity index (χ1n) is 6.97. The lowest BCUT2D eigenvalue weighted by Crippen LogP contribution is -2.40. The van der Waals surface area contributed by atoms with E-state index in [-0.39, 0.29) is 18.0 Å². The van der Waals surface area contributed by atoms with Gasteiger partial charge in [0.2, 0.25) is 5.91 Å². The molecule has 1 aromatic rings. The molecule has 2 unspecified atom stereocenters. The second-order valence-corrected chi connectivity index (χ2v) is 5.98. The van der Waals surface area contributed by atoms with Crippen molar-refractivity contribution in [1.29, 1.82) is 0 Å². The Kier molecular flexibility index (Phi) is 3.50. The normalized spacial score (nSPS) is 24.8. The smallest absolute Gasteiger partial charge is 0.240 e. The van der Waals surface area contributed by atoms with Crippen LogP contribution in [0.5, 0.6) is 0 Å². The quantitative estimate of drug-likeness (QED) is 0.918. The SMILES string of the molecule is CC(c1cccc(Cl)c1)N1CCC(NC2CC2)C1=O. The standard InChI is InChI=1S/C15H19ClN2O/c1-10(11-3-2-4-12(16)9-11)18-8-7-14(15(18)19)17-13-5-6-13/h2-4,9-10,13-14,17H,5-8H2,1H3. The van der Waals surface area contributed by atoms with E-state index < -0.39 is 0 Å². The Hall–Kier alpha value is -1.06. The third-order valence-corrected chi connectivity index (χ3v) is 4.29. The maximum Gasteiger partial charge on any atom is 0.240 e. The topological polar surface area (TPSA) is 32.3 Å². The van der Waals surface area contributed by atoms with Crippen LogP contribution in [0, 0.1) is 0 Å². The summed E-state index contributed by atoms with van der Waals surface area (Å²) in [5, 5.41) is 4.16. The molecule has 1 aromatic carbocycles. The van der Waals surface area contributed by atoms with Gasteiger partial charge in [-0.3, -0.25) is 4.79 Å². The van der Waals surface area contributed by atoms with Gasteiger partial charge in [-0.25, -0.2) is 0 Å². The van der Waals surface area contributed by atoms with Gasteiger partial charge in [0.1, 0.15) is 0 Å². The Bertz CT molecular complexity index is 487. The van der Waals surface area contributed by atoms with Gasteiger partial charge in [0.05, 0.1) is 12.1 Å². The summed E-state index contributed by atoms with van der Waals surface area (Å²) in [7, 11) is 0. The molecule has 1 saturated heterocycles. The highest BCUT2D eigenvalue weighted by Crippen LogP contribution is 2.29. The number of hydrogen-bond donors (Lipinski definition) is 1. The van der Waals surface area contributed by atoms with Crippen molar-refractivity contribution in [1.82, 2.24) is 10.2 Å². The highest BCUT2D eigenvalue weighted by atomic mass is 35.5. The lowest BCUT2D eigenvalue weighted by molar-refractivity contribution is -0.131. The van der Waals surface area contributed by atoms with E-state index >= 15 is 0 Å². The van der Waals surface area contributed by atoms with E-state index in [0.29, 0.717) is 6.04 Å². The fourth-order valence-corrected chi connectivity index (χ4v) is 2.92. The molecule has 102 valence electrons. The third-order valence-electron chi connectivity index (χ3n) is 4.05. The summed E-state index contributed by atoms with van der Waals surface area (Å²) in [6.07, 6.45) is 3.35. The fraction of sp³-hybridized carbons (Fsp3) is 0.533. The summed E-state index contributed by atoms with van der Waals surface area (Å²) < 4.78 is 0. The van der Waals surface area contributed by atoms with E-state index in [1.807, 2.05) is 29.2 Å². The zero-order valence-electron chi connectivity index (χ0n) is 11.1. The number of amides is 1. The maximum atomic E-state index is 12.4. The van der Waals surface area contributed by atoms with Crippen molar-refractivity contribution in [3.05, 3.63) is 34.9 Å². The average molecular weight is 279 g/mol. The van der Waals surface area contributed by atoms with Gasteiger partial charge < -0.3 is 10.2 Å². The molecule has 1 aliphatic heterocycles. The van der Waals surface area contributed by atoms with Gasteiger partial charge >= 0.3 is 0 Å². The van der Waals surface area contributed by atoms with E-state index in [2.05, 4.69) is 12.2 Å². The maximum absolute atomic E-state index is 12.4. The fourth-order valence-electron chi connectivity index (χ4n) is 2.72. The molecule has 2 aliphatic rings. The molecule has 3 rings (SSSR count). The van der Waals surface area contributed by atoms with Gasteiger partial charge in [-0.05, 0) is 43.9 Å². The summed E-state index contributed by atoms with van der Waals surface area (Å²) in [5.74, 6) is 0.236. The first kappa shape index (κ1) is 12.9. The second kappa shape index (κ2) is 5.14. The first-order chi connectivity index (χ1) is 9.15. The predicted octanol–water partition coefficient (Wildman–Crippen LogP) is 2.75. The van der Waals surface area contributed by atoms with Gasteiger partial charge in [-0.15, -0.1) is 0 Å². The number of carbonyl (C=O) groups excluding carboxylic acids is 1.